The molecule has 1 amide bonds. The fourth-order valence-electron chi connectivity index (χ4n) is 4.07. The average Bonchev–Trinajstić information content (AvgIpc) is 2.66. The number of anilines is 1. The molecule has 6 heteroatoms. The Morgan fingerprint density at radius 1 is 1.18 bits per heavy atom. The zero-order valence-corrected chi connectivity index (χ0v) is 16.6. The van der Waals surface area contributed by atoms with Crippen LogP contribution in [-0.4, -0.2) is 47.0 Å². The SMILES string of the molecule is CCc1c(C)nc(-c2cccc(F)c2)nc1N1CCN(C(=O)C2CCC2)CC1. The molecule has 2 heterocycles. The molecule has 1 aliphatic carbocycles. The fourth-order valence-corrected chi connectivity index (χ4v) is 4.07. The number of aryl methyl sites for hydroxylation is 1. The van der Waals surface area contributed by atoms with Crippen molar-refractivity contribution in [2.45, 2.75) is 39.5 Å². The van der Waals surface area contributed by atoms with Crippen molar-refractivity contribution < 1.29 is 9.18 Å². The first-order valence-corrected chi connectivity index (χ1v) is 10.2. The van der Waals surface area contributed by atoms with E-state index in [4.69, 9.17) is 4.98 Å². The van der Waals surface area contributed by atoms with Gasteiger partial charge in [-0.25, -0.2) is 14.4 Å². The third-order valence-electron chi connectivity index (χ3n) is 5.97. The number of piperazine rings is 1. The van der Waals surface area contributed by atoms with E-state index in [-0.39, 0.29) is 11.7 Å². The first-order chi connectivity index (χ1) is 13.6. The number of carbonyl (C=O) groups excluding carboxylic acids is 1. The predicted molar refractivity (Wildman–Crippen MR) is 108 cm³/mol. The number of nitrogens with zero attached hydrogens (tertiary/aromatic N) is 4. The van der Waals surface area contributed by atoms with E-state index < -0.39 is 0 Å². The second-order valence-corrected chi connectivity index (χ2v) is 7.74. The largest absolute Gasteiger partial charge is 0.353 e. The molecule has 148 valence electrons. The van der Waals surface area contributed by atoms with Crippen LogP contribution in [-0.2, 0) is 11.2 Å². The van der Waals surface area contributed by atoms with Crippen LogP contribution in [0.25, 0.3) is 11.4 Å². The van der Waals surface area contributed by atoms with Gasteiger partial charge in [0.05, 0.1) is 0 Å². The van der Waals surface area contributed by atoms with Crippen LogP contribution in [0.3, 0.4) is 0 Å². The highest BCUT2D eigenvalue weighted by molar-refractivity contribution is 5.80. The van der Waals surface area contributed by atoms with Gasteiger partial charge in [-0.1, -0.05) is 25.5 Å². The number of carbonyl (C=O) groups is 1. The summed E-state index contributed by atoms with van der Waals surface area (Å²) in [5.74, 6) is 1.75. The van der Waals surface area contributed by atoms with Crippen molar-refractivity contribution in [2.75, 3.05) is 31.1 Å². The van der Waals surface area contributed by atoms with E-state index in [0.29, 0.717) is 17.3 Å². The Morgan fingerprint density at radius 3 is 2.54 bits per heavy atom. The van der Waals surface area contributed by atoms with Gasteiger partial charge in [0.15, 0.2) is 5.82 Å². The predicted octanol–water partition coefficient (Wildman–Crippen LogP) is 3.60. The minimum atomic E-state index is -0.289. The van der Waals surface area contributed by atoms with Gasteiger partial charge in [-0.3, -0.25) is 4.79 Å². The van der Waals surface area contributed by atoms with Crippen molar-refractivity contribution in [3.05, 3.63) is 41.3 Å². The van der Waals surface area contributed by atoms with Crippen LogP contribution in [0.4, 0.5) is 10.2 Å². The standard InChI is InChI=1S/C22H27FN4O/c1-3-19-15(2)24-20(17-8-5-9-18(23)14-17)25-21(19)26-10-12-27(13-11-26)22(28)16-6-4-7-16/h5,8-9,14,16H,3-4,6-7,10-13H2,1-2H3. The van der Waals surface area contributed by atoms with Gasteiger partial charge >= 0.3 is 0 Å². The van der Waals surface area contributed by atoms with Crippen molar-refractivity contribution in [2.24, 2.45) is 5.92 Å². The maximum atomic E-state index is 13.7. The summed E-state index contributed by atoms with van der Waals surface area (Å²) in [6, 6.07) is 6.42. The smallest absolute Gasteiger partial charge is 0.225 e. The Kier molecular flexibility index (Phi) is 5.29. The van der Waals surface area contributed by atoms with Gasteiger partial charge < -0.3 is 9.80 Å². The van der Waals surface area contributed by atoms with Crippen LogP contribution >= 0.6 is 0 Å². The number of hydrogen-bond donors (Lipinski definition) is 0. The summed E-state index contributed by atoms with van der Waals surface area (Å²) in [6.07, 6.45) is 4.10. The van der Waals surface area contributed by atoms with E-state index >= 15 is 0 Å². The van der Waals surface area contributed by atoms with Crippen molar-refractivity contribution in [3.8, 4) is 11.4 Å². The van der Waals surface area contributed by atoms with Gasteiger partial charge in [-0.15, -0.1) is 0 Å². The van der Waals surface area contributed by atoms with E-state index in [0.717, 1.165) is 62.5 Å². The highest BCUT2D eigenvalue weighted by Crippen LogP contribution is 2.30. The summed E-state index contributed by atoms with van der Waals surface area (Å²) in [4.78, 5) is 26.2. The summed E-state index contributed by atoms with van der Waals surface area (Å²) >= 11 is 0. The minimum absolute atomic E-state index is 0.249. The summed E-state index contributed by atoms with van der Waals surface area (Å²) in [5.41, 5.74) is 2.74. The Morgan fingerprint density at radius 2 is 1.93 bits per heavy atom. The summed E-state index contributed by atoms with van der Waals surface area (Å²) in [6.45, 7) is 7.10. The van der Waals surface area contributed by atoms with Crippen LogP contribution < -0.4 is 4.90 Å². The molecule has 1 aromatic heterocycles. The number of benzene rings is 1. The van der Waals surface area contributed by atoms with Crippen LogP contribution in [0.1, 0.15) is 37.4 Å². The van der Waals surface area contributed by atoms with Crippen LogP contribution in [0.15, 0.2) is 24.3 Å². The molecule has 5 nitrogen and oxygen atoms in total. The normalized spacial score (nSPS) is 17.5. The molecule has 0 N–H and O–H groups in total. The zero-order chi connectivity index (χ0) is 19.7. The Labute approximate surface area is 165 Å². The molecule has 28 heavy (non-hydrogen) atoms. The topological polar surface area (TPSA) is 49.3 Å². The molecule has 4 rings (SSSR count). The van der Waals surface area contributed by atoms with E-state index in [1.54, 1.807) is 6.07 Å². The van der Waals surface area contributed by atoms with Gasteiger partial charge in [-0.2, -0.15) is 0 Å². The fraction of sp³-hybridized carbons (Fsp3) is 0.500. The van der Waals surface area contributed by atoms with Gasteiger partial charge in [0.1, 0.15) is 11.6 Å². The molecule has 1 saturated heterocycles. The Bertz CT molecular complexity index is 873. The second-order valence-electron chi connectivity index (χ2n) is 7.74. The lowest BCUT2D eigenvalue weighted by atomic mass is 9.84. The lowest BCUT2D eigenvalue weighted by Gasteiger charge is -2.39. The van der Waals surface area contributed by atoms with Gasteiger partial charge in [0.25, 0.3) is 0 Å². The number of rotatable bonds is 4. The van der Waals surface area contributed by atoms with E-state index in [9.17, 15) is 9.18 Å². The first-order valence-electron chi connectivity index (χ1n) is 10.2. The van der Waals surface area contributed by atoms with Crippen molar-refractivity contribution in [1.82, 2.24) is 14.9 Å². The first kappa shape index (κ1) is 18.8. The molecular formula is C22H27FN4O. The van der Waals surface area contributed by atoms with Crippen molar-refractivity contribution >= 4 is 11.7 Å². The molecule has 0 atom stereocenters. The third kappa shape index (κ3) is 3.60. The molecule has 0 bridgehead atoms. The quantitative estimate of drug-likeness (QED) is 0.811. The lowest BCUT2D eigenvalue weighted by molar-refractivity contribution is -0.138. The molecule has 1 saturated carbocycles. The maximum Gasteiger partial charge on any atom is 0.225 e. The van der Waals surface area contributed by atoms with Crippen molar-refractivity contribution in [1.29, 1.82) is 0 Å². The van der Waals surface area contributed by atoms with Crippen LogP contribution in [0.2, 0.25) is 0 Å². The maximum absolute atomic E-state index is 13.7. The van der Waals surface area contributed by atoms with E-state index in [1.807, 2.05) is 17.9 Å². The molecule has 0 spiro atoms. The minimum Gasteiger partial charge on any atom is -0.353 e. The number of amides is 1. The highest BCUT2D eigenvalue weighted by atomic mass is 19.1. The highest BCUT2D eigenvalue weighted by Gasteiger charge is 2.32. The summed E-state index contributed by atoms with van der Waals surface area (Å²) in [5, 5.41) is 0. The molecule has 2 aromatic rings. The number of hydrogen-bond acceptors (Lipinski definition) is 4. The number of aromatic nitrogens is 2. The average molecular weight is 382 g/mol. The lowest BCUT2D eigenvalue weighted by Crippen LogP contribution is -2.51. The Balaban J connectivity index is 1.57. The molecule has 1 aromatic carbocycles. The van der Waals surface area contributed by atoms with E-state index in [2.05, 4.69) is 16.8 Å². The van der Waals surface area contributed by atoms with Gasteiger partial charge in [-0.05, 0) is 38.3 Å². The molecule has 0 unspecified atom stereocenters. The van der Waals surface area contributed by atoms with Gasteiger partial charge in [0, 0.05) is 48.9 Å². The van der Waals surface area contributed by atoms with Crippen molar-refractivity contribution in [3.63, 3.8) is 0 Å². The summed E-state index contributed by atoms with van der Waals surface area (Å²) < 4.78 is 13.7. The molecule has 1 aliphatic heterocycles. The van der Waals surface area contributed by atoms with Crippen LogP contribution in [0.5, 0.6) is 0 Å². The monoisotopic (exact) mass is 382 g/mol. The van der Waals surface area contributed by atoms with E-state index in [1.165, 1.54) is 18.6 Å². The second kappa shape index (κ2) is 7.86. The Hall–Kier alpha value is -2.50. The van der Waals surface area contributed by atoms with Gasteiger partial charge in [0.2, 0.25) is 5.91 Å². The molecule has 2 aliphatic rings. The molecule has 0 radical (unpaired) electrons. The molecule has 2 fully saturated rings. The zero-order valence-electron chi connectivity index (χ0n) is 16.6. The van der Waals surface area contributed by atoms with Crippen LogP contribution in [0, 0.1) is 18.7 Å². The number of halogens is 1. The third-order valence-corrected chi connectivity index (χ3v) is 5.97. The summed E-state index contributed by atoms with van der Waals surface area (Å²) in [7, 11) is 0. The molecular weight excluding hydrogens is 355 g/mol.